The fourth-order valence-corrected chi connectivity index (χ4v) is 3.07. The number of carbonyl (C=O) groups excluding carboxylic acids is 1. The molecule has 0 spiro atoms. The monoisotopic (exact) mass is 283 g/mol. The summed E-state index contributed by atoms with van der Waals surface area (Å²) in [6, 6.07) is 8.84. The van der Waals surface area contributed by atoms with E-state index in [0.29, 0.717) is 19.0 Å². The normalized spacial score (nSPS) is 15.0. The van der Waals surface area contributed by atoms with Crippen molar-refractivity contribution in [3.8, 4) is 0 Å². The van der Waals surface area contributed by atoms with Gasteiger partial charge in [-0.2, -0.15) is 4.68 Å². The maximum Gasteiger partial charge on any atom is 0.230 e. The van der Waals surface area contributed by atoms with Gasteiger partial charge in [0.2, 0.25) is 12.3 Å². The molecule has 0 bridgehead atoms. The number of carbonyl (C=O) groups is 1. The summed E-state index contributed by atoms with van der Waals surface area (Å²) in [7, 11) is 0. The Morgan fingerprint density at radius 1 is 1.24 bits per heavy atom. The molecule has 0 unspecified atom stereocenters. The molecule has 0 radical (unpaired) electrons. The lowest BCUT2D eigenvalue weighted by molar-refractivity contribution is -0.768. The molecule has 0 amide bonds. The molecule has 0 N–H and O–H groups in total. The zero-order valence-electron chi connectivity index (χ0n) is 12.9. The Labute approximate surface area is 126 Å². The Kier molecular flexibility index (Phi) is 3.91. The van der Waals surface area contributed by atoms with Crippen LogP contribution in [0.5, 0.6) is 0 Å². The molecule has 1 aromatic carbocycles. The molecule has 3 heteroatoms. The molecule has 0 atom stereocenters. The summed E-state index contributed by atoms with van der Waals surface area (Å²) in [6.45, 7) is 4.64. The van der Waals surface area contributed by atoms with Crippen molar-refractivity contribution in [2.45, 2.75) is 52.1 Å². The third-order valence-electron chi connectivity index (χ3n) is 4.60. The van der Waals surface area contributed by atoms with Crippen LogP contribution in [0.15, 0.2) is 36.7 Å². The zero-order chi connectivity index (χ0) is 14.8. The van der Waals surface area contributed by atoms with Crippen LogP contribution in [0.4, 0.5) is 0 Å². The molecule has 21 heavy (non-hydrogen) atoms. The van der Waals surface area contributed by atoms with E-state index in [4.69, 9.17) is 0 Å². The summed E-state index contributed by atoms with van der Waals surface area (Å²) in [5, 5.41) is 0. The van der Waals surface area contributed by atoms with E-state index in [1.54, 1.807) is 0 Å². The quantitative estimate of drug-likeness (QED) is 0.775. The fraction of sp³-hybridized carbons (Fsp3) is 0.444. The molecule has 1 aliphatic rings. The minimum absolute atomic E-state index is 0.275. The number of aryl methyl sites for hydroxylation is 2. The summed E-state index contributed by atoms with van der Waals surface area (Å²) in [6.07, 6.45) is 8.41. The number of hydrogen-bond donors (Lipinski definition) is 0. The lowest BCUT2D eigenvalue weighted by atomic mass is 9.93. The molecule has 2 aromatic rings. The molecular weight excluding hydrogens is 260 g/mol. The standard InChI is InChI=1S/C18H23N2O/c1-14-6-3-7-15(2)18(14)12-17(21)13-19-10-5-11-20(19)16-8-4-9-16/h3,5-7,10-11,16H,4,8-9,12-13H2,1-2H3/q+1. The molecule has 1 heterocycles. The minimum atomic E-state index is 0.275. The van der Waals surface area contributed by atoms with Gasteiger partial charge in [-0.25, -0.2) is 0 Å². The minimum Gasteiger partial charge on any atom is -0.292 e. The zero-order valence-corrected chi connectivity index (χ0v) is 12.9. The van der Waals surface area contributed by atoms with Gasteiger partial charge in [0.15, 0.2) is 6.20 Å². The number of ketones is 1. The second-order valence-electron chi connectivity index (χ2n) is 6.14. The molecule has 1 saturated carbocycles. The maximum absolute atomic E-state index is 12.4. The van der Waals surface area contributed by atoms with Gasteiger partial charge in [0.25, 0.3) is 0 Å². The molecule has 3 nitrogen and oxygen atoms in total. The predicted molar refractivity (Wildman–Crippen MR) is 82.1 cm³/mol. The van der Waals surface area contributed by atoms with Crippen molar-refractivity contribution in [3.63, 3.8) is 0 Å². The van der Waals surface area contributed by atoms with E-state index in [1.165, 1.54) is 36.0 Å². The highest BCUT2D eigenvalue weighted by Gasteiger charge is 2.26. The van der Waals surface area contributed by atoms with Gasteiger partial charge in [-0.05, 0) is 49.8 Å². The third-order valence-corrected chi connectivity index (χ3v) is 4.60. The van der Waals surface area contributed by atoms with Gasteiger partial charge in [-0.1, -0.05) is 18.2 Å². The highest BCUT2D eigenvalue weighted by molar-refractivity contribution is 5.80. The lowest BCUT2D eigenvalue weighted by Gasteiger charge is -2.24. The van der Waals surface area contributed by atoms with Crippen LogP contribution >= 0.6 is 0 Å². The number of nitrogens with zero attached hydrogens (tertiary/aromatic N) is 2. The molecule has 0 saturated heterocycles. The average Bonchev–Trinajstić information content (AvgIpc) is 2.80. The van der Waals surface area contributed by atoms with E-state index in [0.717, 1.165) is 0 Å². The van der Waals surface area contributed by atoms with Crippen molar-refractivity contribution in [1.82, 2.24) is 4.68 Å². The predicted octanol–water partition coefficient (Wildman–Crippen LogP) is 2.93. The van der Waals surface area contributed by atoms with Crippen molar-refractivity contribution in [2.75, 3.05) is 0 Å². The highest BCUT2D eigenvalue weighted by atomic mass is 16.1. The molecule has 3 rings (SSSR count). The summed E-state index contributed by atoms with van der Waals surface area (Å²) >= 11 is 0. The largest absolute Gasteiger partial charge is 0.292 e. The second kappa shape index (κ2) is 5.84. The molecule has 1 aliphatic carbocycles. The maximum atomic E-state index is 12.4. The molecule has 0 aliphatic heterocycles. The Hall–Kier alpha value is -1.90. The lowest BCUT2D eigenvalue weighted by Crippen LogP contribution is -2.48. The van der Waals surface area contributed by atoms with Crippen molar-refractivity contribution < 1.29 is 9.48 Å². The van der Waals surface area contributed by atoms with Gasteiger partial charge in [0.05, 0.1) is 12.2 Å². The van der Waals surface area contributed by atoms with Crippen LogP contribution in [0.3, 0.4) is 0 Å². The van der Waals surface area contributed by atoms with E-state index in [9.17, 15) is 4.79 Å². The summed E-state index contributed by atoms with van der Waals surface area (Å²) in [5.41, 5.74) is 3.61. The Morgan fingerprint density at radius 2 is 1.95 bits per heavy atom. The van der Waals surface area contributed by atoms with Crippen molar-refractivity contribution in [2.24, 2.45) is 0 Å². The van der Waals surface area contributed by atoms with E-state index in [2.05, 4.69) is 47.6 Å². The first-order valence-electron chi connectivity index (χ1n) is 7.78. The first-order chi connectivity index (χ1) is 10.1. The summed E-state index contributed by atoms with van der Waals surface area (Å²) in [5.74, 6) is 0.275. The van der Waals surface area contributed by atoms with Crippen LogP contribution in [-0.4, -0.2) is 10.5 Å². The summed E-state index contributed by atoms with van der Waals surface area (Å²) in [4.78, 5) is 12.4. The number of hydrogen-bond acceptors (Lipinski definition) is 1. The van der Waals surface area contributed by atoms with Crippen molar-refractivity contribution >= 4 is 5.78 Å². The fourth-order valence-electron chi connectivity index (χ4n) is 3.07. The smallest absolute Gasteiger partial charge is 0.230 e. The van der Waals surface area contributed by atoms with Crippen molar-refractivity contribution in [3.05, 3.63) is 53.3 Å². The van der Waals surface area contributed by atoms with Gasteiger partial charge < -0.3 is 0 Å². The molecule has 110 valence electrons. The van der Waals surface area contributed by atoms with Crippen LogP contribution < -0.4 is 4.68 Å². The van der Waals surface area contributed by atoms with Crippen LogP contribution in [0, 0.1) is 13.8 Å². The van der Waals surface area contributed by atoms with Gasteiger partial charge in [-0.3, -0.25) is 4.79 Å². The Morgan fingerprint density at radius 3 is 2.57 bits per heavy atom. The van der Waals surface area contributed by atoms with Gasteiger partial charge >= 0.3 is 0 Å². The van der Waals surface area contributed by atoms with Gasteiger partial charge in [-0.15, -0.1) is 4.68 Å². The first kappa shape index (κ1) is 14.1. The van der Waals surface area contributed by atoms with E-state index < -0.39 is 0 Å². The van der Waals surface area contributed by atoms with Crippen LogP contribution in [0.25, 0.3) is 0 Å². The third kappa shape index (κ3) is 2.92. The number of benzene rings is 1. The Balaban J connectivity index is 1.71. The number of Topliss-reactive ketones (excluding diaryl/α,β-unsaturated/α-hetero) is 1. The SMILES string of the molecule is Cc1cccc(C)c1CC(=O)C[n+]1cccn1C1CCC1. The molecule has 1 aromatic heterocycles. The second-order valence-corrected chi connectivity index (χ2v) is 6.14. The highest BCUT2D eigenvalue weighted by Crippen LogP contribution is 2.29. The average molecular weight is 283 g/mol. The molecule has 1 fully saturated rings. The Bertz CT molecular complexity index is 633. The van der Waals surface area contributed by atoms with Gasteiger partial charge in [0.1, 0.15) is 0 Å². The number of rotatable bonds is 5. The van der Waals surface area contributed by atoms with Gasteiger partial charge in [0, 0.05) is 12.5 Å². The van der Waals surface area contributed by atoms with E-state index in [1.807, 2.05) is 12.3 Å². The van der Waals surface area contributed by atoms with Crippen LogP contribution in [0.1, 0.15) is 42.0 Å². The van der Waals surface area contributed by atoms with E-state index in [-0.39, 0.29) is 5.78 Å². The topological polar surface area (TPSA) is 25.9 Å². The molecular formula is C18H23N2O+. The first-order valence-corrected chi connectivity index (χ1v) is 7.78. The number of aromatic nitrogens is 2. The van der Waals surface area contributed by atoms with Crippen LogP contribution in [-0.2, 0) is 17.8 Å². The summed E-state index contributed by atoms with van der Waals surface area (Å²) < 4.78 is 4.30. The van der Waals surface area contributed by atoms with Crippen LogP contribution in [0.2, 0.25) is 0 Å². The van der Waals surface area contributed by atoms with Crippen molar-refractivity contribution in [1.29, 1.82) is 0 Å². The van der Waals surface area contributed by atoms with E-state index >= 15 is 0 Å².